The molecule has 2 rings (SSSR count). The van der Waals surface area contributed by atoms with Gasteiger partial charge >= 0.3 is 18.3 Å². The van der Waals surface area contributed by atoms with Crippen molar-refractivity contribution in [2.45, 2.75) is 18.3 Å². The van der Waals surface area contributed by atoms with Gasteiger partial charge in [0.15, 0.2) is 0 Å². The second-order valence-electron chi connectivity index (χ2n) is 6.93. The van der Waals surface area contributed by atoms with Crippen molar-refractivity contribution in [2.24, 2.45) is 0 Å². The van der Waals surface area contributed by atoms with E-state index in [4.69, 9.17) is 34.8 Å². The van der Waals surface area contributed by atoms with Crippen LogP contribution in [0.2, 0.25) is 15.1 Å². The van der Waals surface area contributed by atoms with E-state index in [1.54, 1.807) is 5.32 Å². The molecule has 2 N–H and O–H groups in total. The fourth-order valence-corrected chi connectivity index (χ4v) is 3.93. The molecule has 35 heavy (non-hydrogen) atoms. The molecule has 0 aliphatic carbocycles. The first-order valence-corrected chi connectivity index (χ1v) is 11.4. The molecule has 2 aromatic rings. The maximum Gasteiger partial charge on any atom is 0.471 e. The highest BCUT2D eigenvalue weighted by molar-refractivity contribution is 9.10. The van der Waals surface area contributed by atoms with Crippen molar-refractivity contribution in [1.82, 2.24) is 10.6 Å². The third kappa shape index (κ3) is 8.30. The van der Waals surface area contributed by atoms with Crippen LogP contribution in [0.15, 0.2) is 40.9 Å². The van der Waals surface area contributed by atoms with Gasteiger partial charge in [-0.1, -0.05) is 53.0 Å². The number of amides is 2. The van der Waals surface area contributed by atoms with E-state index in [1.165, 1.54) is 24.3 Å². The first-order valence-electron chi connectivity index (χ1n) is 9.43. The summed E-state index contributed by atoms with van der Waals surface area (Å²) in [6, 6.07) is 6.20. The van der Waals surface area contributed by atoms with Gasteiger partial charge in [-0.15, -0.1) is 0 Å². The first kappa shape index (κ1) is 29.3. The minimum Gasteiger partial charge on any atom is -0.350 e. The van der Waals surface area contributed by atoms with Crippen molar-refractivity contribution in [3.05, 3.63) is 72.6 Å². The quantitative estimate of drug-likeness (QED) is 0.195. The number of carbonyl (C=O) groups is 2. The lowest BCUT2D eigenvalue weighted by Gasteiger charge is -2.18. The smallest absolute Gasteiger partial charge is 0.350 e. The van der Waals surface area contributed by atoms with Crippen LogP contribution >= 0.6 is 50.7 Å². The number of carbonyl (C=O) groups excluding carboxylic acids is 2. The fourth-order valence-electron chi connectivity index (χ4n) is 2.74. The molecule has 0 aliphatic heterocycles. The van der Waals surface area contributed by atoms with Gasteiger partial charge in [0.2, 0.25) is 0 Å². The van der Waals surface area contributed by atoms with Crippen molar-refractivity contribution in [3.63, 3.8) is 0 Å². The molecule has 1 atom stereocenters. The van der Waals surface area contributed by atoms with Crippen LogP contribution in [0.25, 0.3) is 6.08 Å². The molecule has 2 amide bonds. The van der Waals surface area contributed by atoms with Gasteiger partial charge in [-0.25, -0.2) is 0 Å². The Balaban J connectivity index is 2.12. The molecule has 4 nitrogen and oxygen atoms in total. The fraction of sp³-hybridized carbons (Fsp3) is 0.238. The van der Waals surface area contributed by atoms with E-state index in [2.05, 4.69) is 21.2 Å². The lowest BCUT2D eigenvalue weighted by molar-refractivity contribution is -0.173. The number of halogens is 10. The zero-order valence-corrected chi connectivity index (χ0v) is 21.0. The van der Waals surface area contributed by atoms with Gasteiger partial charge in [0.1, 0.15) is 0 Å². The molecular weight excluding hydrogens is 612 g/mol. The summed E-state index contributed by atoms with van der Waals surface area (Å²) in [5, 5.41) is 3.59. The molecule has 0 aliphatic rings. The standard InChI is InChI=1S/C21H14BrCl3F6N2O2/c22-14-7-10(1-3-12(14)18(34)32-5-6-33-19(35)21(29,30)31)2-4-13(20(26,27)28)11-8-15(23)17(25)16(24)9-11/h1-4,7-9,13H,5-6H2,(H,32,34)(H,33,35). The van der Waals surface area contributed by atoms with Crippen LogP contribution < -0.4 is 10.6 Å². The molecule has 14 heteroatoms. The Hall–Kier alpha value is -1.95. The number of benzene rings is 2. The van der Waals surface area contributed by atoms with Crippen LogP contribution in [0.3, 0.4) is 0 Å². The monoisotopic (exact) mass is 624 g/mol. The summed E-state index contributed by atoms with van der Waals surface area (Å²) in [5.41, 5.74) is 0.167. The Labute approximate surface area is 218 Å². The van der Waals surface area contributed by atoms with Crippen LogP contribution in [0.4, 0.5) is 26.3 Å². The third-order valence-corrected chi connectivity index (χ3v) is 6.24. The highest BCUT2D eigenvalue weighted by Gasteiger charge is 2.39. The summed E-state index contributed by atoms with van der Waals surface area (Å²) in [6.07, 6.45) is -7.63. The van der Waals surface area contributed by atoms with Gasteiger partial charge in [-0.05, 0) is 51.3 Å². The number of hydrogen-bond donors (Lipinski definition) is 2. The Kier molecular flexibility index (Phi) is 9.92. The zero-order chi connectivity index (χ0) is 26.6. The highest BCUT2D eigenvalue weighted by Crippen LogP contribution is 2.41. The van der Waals surface area contributed by atoms with E-state index in [0.717, 1.165) is 18.2 Å². The molecule has 2 aromatic carbocycles. The van der Waals surface area contributed by atoms with E-state index in [-0.39, 0.29) is 37.2 Å². The molecular formula is C21H14BrCl3F6N2O2. The number of hydrogen-bond acceptors (Lipinski definition) is 2. The van der Waals surface area contributed by atoms with Crippen molar-refractivity contribution < 1.29 is 35.9 Å². The maximum atomic E-state index is 13.7. The molecule has 0 fully saturated rings. The summed E-state index contributed by atoms with van der Waals surface area (Å²) in [4.78, 5) is 22.9. The number of alkyl halides is 6. The summed E-state index contributed by atoms with van der Waals surface area (Å²) < 4.78 is 77.6. The second-order valence-corrected chi connectivity index (χ2v) is 8.97. The van der Waals surface area contributed by atoms with Crippen LogP contribution in [0, 0.1) is 0 Å². The molecule has 0 aromatic heterocycles. The predicted octanol–water partition coefficient (Wildman–Crippen LogP) is 7.18. The number of rotatable bonds is 7. The Morgan fingerprint density at radius 3 is 2.03 bits per heavy atom. The average molecular weight is 627 g/mol. The topological polar surface area (TPSA) is 58.2 Å². The molecule has 0 saturated carbocycles. The number of nitrogens with one attached hydrogen (secondary N) is 2. The summed E-state index contributed by atoms with van der Waals surface area (Å²) in [5.74, 6) is -4.86. The first-order chi connectivity index (χ1) is 16.1. The minimum absolute atomic E-state index is 0.0671. The summed E-state index contributed by atoms with van der Waals surface area (Å²) in [6.45, 7) is -0.742. The predicted molar refractivity (Wildman–Crippen MR) is 125 cm³/mol. The van der Waals surface area contributed by atoms with Gasteiger partial charge in [0.05, 0.1) is 26.5 Å². The zero-order valence-electron chi connectivity index (χ0n) is 17.1. The van der Waals surface area contributed by atoms with E-state index in [0.29, 0.717) is 5.56 Å². The summed E-state index contributed by atoms with van der Waals surface area (Å²) in [7, 11) is 0. The lowest BCUT2D eigenvalue weighted by Crippen LogP contribution is -2.41. The Morgan fingerprint density at radius 1 is 0.943 bits per heavy atom. The third-order valence-electron chi connectivity index (χ3n) is 4.39. The van der Waals surface area contributed by atoms with E-state index >= 15 is 0 Å². The van der Waals surface area contributed by atoms with Crippen LogP contribution in [-0.2, 0) is 4.79 Å². The minimum atomic E-state index is -5.03. The largest absolute Gasteiger partial charge is 0.471 e. The maximum absolute atomic E-state index is 13.7. The lowest BCUT2D eigenvalue weighted by atomic mass is 9.97. The Bertz CT molecular complexity index is 1120. The molecule has 0 radical (unpaired) electrons. The molecule has 0 spiro atoms. The van der Waals surface area contributed by atoms with Crippen molar-refractivity contribution in [1.29, 1.82) is 0 Å². The van der Waals surface area contributed by atoms with Crippen LogP contribution in [0.5, 0.6) is 0 Å². The van der Waals surface area contributed by atoms with Gasteiger partial charge in [0.25, 0.3) is 5.91 Å². The van der Waals surface area contributed by atoms with Gasteiger partial charge in [-0.2, -0.15) is 26.3 Å². The Morgan fingerprint density at radius 2 is 1.51 bits per heavy atom. The summed E-state index contributed by atoms with van der Waals surface area (Å²) >= 11 is 20.7. The van der Waals surface area contributed by atoms with Gasteiger partial charge in [0, 0.05) is 17.6 Å². The van der Waals surface area contributed by atoms with Crippen molar-refractivity contribution in [2.75, 3.05) is 13.1 Å². The molecule has 0 bridgehead atoms. The molecule has 0 heterocycles. The van der Waals surface area contributed by atoms with E-state index < -0.39 is 36.6 Å². The van der Waals surface area contributed by atoms with Crippen molar-refractivity contribution in [3.8, 4) is 0 Å². The van der Waals surface area contributed by atoms with E-state index in [9.17, 15) is 35.9 Å². The molecule has 0 saturated heterocycles. The second kappa shape index (κ2) is 11.9. The van der Waals surface area contributed by atoms with Crippen LogP contribution in [0.1, 0.15) is 27.4 Å². The average Bonchev–Trinajstić information content (AvgIpc) is 2.73. The number of allylic oxidation sites excluding steroid dienone is 1. The molecule has 1 unspecified atom stereocenters. The van der Waals surface area contributed by atoms with Gasteiger partial charge < -0.3 is 10.6 Å². The SMILES string of the molecule is O=C(NCCNC(=O)C(F)(F)F)c1ccc(C=CC(c2cc(Cl)c(Cl)c(Cl)c2)C(F)(F)F)cc1Br. The van der Waals surface area contributed by atoms with E-state index in [1.807, 2.05) is 0 Å². The van der Waals surface area contributed by atoms with Crippen molar-refractivity contribution >= 4 is 68.6 Å². The normalized spacial score (nSPS) is 13.1. The highest BCUT2D eigenvalue weighted by atomic mass is 79.9. The van der Waals surface area contributed by atoms with Gasteiger partial charge in [-0.3, -0.25) is 9.59 Å². The van der Waals surface area contributed by atoms with Crippen LogP contribution in [-0.4, -0.2) is 37.3 Å². The molecule has 190 valence electrons.